The fraction of sp³-hybridized carbons (Fsp3) is 0. The highest BCUT2D eigenvalue weighted by molar-refractivity contribution is 7.14. The molecule has 0 aliphatic carbocycles. The molecule has 0 aliphatic rings. The van der Waals surface area contributed by atoms with Crippen molar-refractivity contribution in [2.24, 2.45) is 0 Å². The van der Waals surface area contributed by atoms with Gasteiger partial charge in [-0.3, -0.25) is 20.2 Å². The number of nitro benzene ring substituents is 1. The van der Waals surface area contributed by atoms with Crippen LogP contribution in [0.15, 0.2) is 82.1 Å². The number of aromatic nitrogens is 1. The molecule has 0 radical (unpaired) electrons. The Morgan fingerprint density at radius 3 is 2.66 bits per heavy atom. The van der Waals surface area contributed by atoms with Crippen molar-refractivity contribution in [1.82, 2.24) is 4.98 Å². The number of hydrogen-bond acceptors (Lipinski definition) is 7. The van der Waals surface area contributed by atoms with Gasteiger partial charge in [0.1, 0.15) is 23.2 Å². The van der Waals surface area contributed by atoms with Gasteiger partial charge in [0, 0.05) is 34.7 Å². The maximum absolute atomic E-state index is 12.5. The molecule has 32 heavy (non-hydrogen) atoms. The zero-order valence-electron chi connectivity index (χ0n) is 16.4. The minimum absolute atomic E-state index is 0.0635. The summed E-state index contributed by atoms with van der Waals surface area (Å²) in [5, 5.41) is 25.2. The van der Waals surface area contributed by atoms with Crippen molar-refractivity contribution in [3.8, 4) is 28.7 Å². The Kier molecular flexibility index (Phi) is 5.87. The number of carbonyl (C=O) groups excluding carboxylic acids is 1. The molecule has 9 heteroatoms. The third-order valence-corrected chi connectivity index (χ3v) is 5.17. The van der Waals surface area contributed by atoms with Gasteiger partial charge in [0.05, 0.1) is 10.6 Å². The molecule has 0 fully saturated rings. The van der Waals surface area contributed by atoms with Crippen LogP contribution in [0.2, 0.25) is 0 Å². The van der Waals surface area contributed by atoms with Gasteiger partial charge < -0.3 is 4.42 Å². The monoisotopic (exact) mass is 442 g/mol. The van der Waals surface area contributed by atoms with E-state index < -0.39 is 10.8 Å². The van der Waals surface area contributed by atoms with Crippen LogP contribution in [-0.4, -0.2) is 15.8 Å². The second-order valence-corrected chi connectivity index (χ2v) is 7.40. The summed E-state index contributed by atoms with van der Waals surface area (Å²) < 4.78 is 5.66. The number of nitriles is 1. The Labute approximate surface area is 186 Å². The van der Waals surface area contributed by atoms with Gasteiger partial charge in [-0.05, 0) is 12.1 Å². The largest absolute Gasteiger partial charge is 0.457 e. The van der Waals surface area contributed by atoms with Crippen molar-refractivity contribution in [3.05, 3.63) is 93.6 Å². The Balaban J connectivity index is 1.51. The van der Waals surface area contributed by atoms with Gasteiger partial charge in [-0.1, -0.05) is 42.5 Å². The number of non-ortho nitro benzene ring substituents is 1. The van der Waals surface area contributed by atoms with E-state index in [1.54, 1.807) is 24.3 Å². The lowest BCUT2D eigenvalue weighted by Gasteiger charge is -2.00. The van der Waals surface area contributed by atoms with Gasteiger partial charge in [0.15, 0.2) is 5.13 Å². The van der Waals surface area contributed by atoms with Crippen molar-refractivity contribution in [1.29, 1.82) is 5.26 Å². The van der Waals surface area contributed by atoms with Gasteiger partial charge in [0.2, 0.25) is 0 Å². The Morgan fingerprint density at radius 1 is 1.12 bits per heavy atom. The highest BCUT2D eigenvalue weighted by Crippen LogP contribution is 2.27. The molecule has 2 heterocycles. The number of hydrogen-bond donors (Lipinski definition) is 1. The molecule has 2 aromatic carbocycles. The first-order valence-corrected chi connectivity index (χ1v) is 10.2. The summed E-state index contributed by atoms with van der Waals surface area (Å²) in [6, 6.07) is 20.6. The van der Waals surface area contributed by atoms with Crippen LogP contribution in [0.25, 0.3) is 28.7 Å². The lowest BCUT2D eigenvalue weighted by Crippen LogP contribution is -2.13. The predicted molar refractivity (Wildman–Crippen MR) is 121 cm³/mol. The quantitative estimate of drug-likeness (QED) is 0.181. The maximum Gasteiger partial charge on any atom is 0.270 e. The number of thiazole rings is 1. The summed E-state index contributed by atoms with van der Waals surface area (Å²) in [4.78, 5) is 27.4. The average Bonchev–Trinajstić information content (AvgIpc) is 3.48. The van der Waals surface area contributed by atoms with E-state index in [1.165, 1.54) is 29.5 Å². The first-order valence-electron chi connectivity index (χ1n) is 9.32. The molecular formula is C23H14N4O4S. The van der Waals surface area contributed by atoms with Crippen molar-refractivity contribution in [2.45, 2.75) is 0 Å². The topological polar surface area (TPSA) is 122 Å². The second-order valence-electron chi connectivity index (χ2n) is 6.54. The Morgan fingerprint density at radius 2 is 1.91 bits per heavy atom. The lowest BCUT2D eigenvalue weighted by atomic mass is 10.1. The number of rotatable bonds is 6. The van der Waals surface area contributed by atoms with Crippen LogP contribution < -0.4 is 5.32 Å². The Hall–Kier alpha value is -4.55. The first kappa shape index (κ1) is 20.7. The van der Waals surface area contributed by atoms with Crippen LogP contribution in [0.3, 0.4) is 0 Å². The van der Waals surface area contributed by atoms with Gasteiger partial charge in [-0.2, -0.15) is 5.26 Å². The van der Waals surface area contributed by atoms with E-state index in [1.807, 2.05) is 41.8 Å². The van der Waals surface area contributed by atoms with E-state index in [4.69, 9.17) is 4.42 Å². The van der Waals surface area contributed by atoms with Crippen molar-refractivity contribution in [3.63, 3.8) is 0 Å². The number of nitrogens with one attached hydrogen (secondary N) is 1. The van der Waals surface area contributed by atoms with Crippen LogP contribution >= 0.6 is 11.3 Å². The minimum Gasteiger partial charge on any atom is -0.457 e. The maximum atomic E-state index is 12.5. The molecule has 1 N–H and O–H groups in total. The molecule has 0 bridgehead atoms. The molecule has 0 unspecified atom stereocenters. The van der Waals surface area contributed by atoms with Gasteiger partial charge >= 0.3 is 0 Å². The van der Waals surface area contributed by atoms with Gasteiger partial charge in [0.25, 0.3) is 11.6 Å². The smallest absolute Gasteiger partial charge is 0.270 e. The van der Waals surface area contributed by atoms with Gasteiger partial charge in [-0.25, -0.2) is 4.98 Å². The van der Waals surface area contributed by atoms with Gasteiger partial charge in [-0.15, -0.1) is 11.3 Å². The summed E-state index contributed by atoms with van der Waals surface area (Å²) in [7, 11) is 0. The number of benzene rings is 2. The van der Waals surface area contributed by atoms with Crippen LogP contribution in [-0.2, 0) is 4.79 Å². The summed E-state index contributed by atoms with van der Waals surface area (Å²) >= 11 is 1.25. The molecule has 8 nitrogen and oxygen atoms in total. The summed E-state index contributed by atoms with van der Waals surface area (Å²) in [5.41, 5.74) is 1.93. The summed E-state index contributed by atoms with van der Waals surface area (Å²) in [5.74, 6) is 0.0298. The third kappa shape index (κ3) is 4.61. The van der Waals surface area contributed by atoms with E-state index in [9.17, 15) is 20.2 Å². The fourth-order valence-electron chi connectivity index (χ4n) is 2.89. The lowest BCUT2D eigenvalue weighted by molar-refractivity contribution is -0.384. The molecular weight excluding hydrogens is 428 g/mol. The molecule has 0 saturated heterocycles. The standard InChI is InChI=1S/C23H14N4O4S/c24-13-17(22(28)26-23-25-20(14-32-23)15-5-2-1-3-6-15)12-19-9-10-21(31-19)16-7-4-8-18(11-16)27(29)30/h1-12,14H,(H,25,26,28)/b17-12-. The fourth-order valence-corrected chi connectivity index (χ4v) is 3.60. The number of furan rings is 1. The first-order chi connectivity index (χ1) is 15.5. The number of carbonyl (C=O) groups is 1. The summed E-state index contributed by atoms with van der Waals surface area (Å²) in [6.07, 6.45) is 1.31. The molecule has 1 amide bonds. The molecule has 0 atom stereocenters. The van der Waals surface area contributed by atoms with E-state index in [0.29, 0.717) is 16.5 Å². The SMILES string of the molecule is N#C/C(=C/c1ccc(-c2cccc([N+](=O)[O-])c2)o1)C(=O)Nc1nc(-c2ccccc2)cs1. The van der Waals surface area contributed by atoms with Crippen LogP contribution in [0.5, 0.6) is 0 Å². The van der Waals surface area contributed by atoms with E-state index >= 15 is 0 Å². The van der Waals surface area contributed by atoms with Crippen molar-refractivity contribution < 1.29 is 14.1 Å². The second kappa shape index (κ2) is 9.07. The number of nitro groups is 1. The zero-order valence-corrected chi connectivity index (χ0v) is 17.2. The summed E-state index contributed by atoms with van der Waals surface area (Å²) in [6.45, 7) is 0. The normalized spacial score (nSPS) is 11.0. The van der Waals surface area contributed by atoms with Crippen LogP contribution in [0, 0.1) is 21.4 Å². The Bertz CT molecular complexity index is 1370. The average molecular weight is 442 g/mol. The highest BCUT2D eigenvalue weighted by Gasteiger charge is 2.15. The van der Waals surface area contributed by atoms with E-state index in [-0.39, 0.29) is 17.0 Å². The zero-order chi connectivity index (χ0) is 22.5. The number of amides is 1. The van der Waals surface area contributed by atoms with E-state index in [2.05, 4.69) is 10.3 Å². The molecule has 2 aromatic heterocycles. The van der Waals surface area contributed by atoms with Crippen molar-refractivity contribution >= 4 is 34.1 Å². The molecule has 0 saturated carbocycles. The van der Waals surface area contributed by atoms with Crippen molar-refractivity contribution in [2.75, 3.05) is 5.32 Å². The predicted octanol–water partition coefficient (Wildman–Crippen LogP) is 5.52. The number of anilines is 1. The molecule has 0 aliphatic heterocycles. The van der Waals surface area contributed by atoms with Crippen LogP contribution in [0.4, 0.5) is 10.8 Å². The number of nitrogens with zero attached hydrogens (tertiary/aromatic N) is 3. The molecule has 4 rings (SSSR count). The van der Waals surface area contributed by atoms with Crippen LogP contribution in [0.1, 0.15) is 5.76 Å². The van der Waals surface area contributed by atoms with E-state index in [0.717, 1.165) is 11.3 Å². The third-order valence-electron chi connectivity index (χ3n) is 4.41. The molecule has 0 spiro atoms. The molecule has 156 valence electrons. The molecule has 4 aromatic rings. The highest BCUT2D eigenvalue weighted by atomic mass is 32.1. The minimum atomic E-state index is -0.616.